The van der Waals surface area contributed by atoms with E-state index >= 15 is 0 Å². The third kappa shape index (κ3) is 5.55. The Labute approximate surface area is 111 Å². The van der Waals surface area contributed by atoms with E-state index in [4.69, 9.17) is 9.47 Å². The van der Waals surface area contributed by atoms with Crippen LogP contribution in [0.25, 0.3) is 0 Å². The fraction of sp³-hybridized carbons (Fsp3) is 0.667. The first kappa shape index (κ1) is 15.0. The second-order valence-electron chi connectivity index (χ2n) is 4.03. The molecule has 18 heavy (non-hydrogen) atoms. The number of ether oxygens (including phenoxy) is 3. The molecule has 0 bridgehead atoms. The zero-order valence-corrected chi connectivity index (χ0v) is 11.3. The van der Waals surface area contributed by atoms with Crippen LogP contribution in [0.3, 0.4) is 0 Å². The third-order valence-electron chi connectivity index (χ3n) is 2.28. The Balaban J connectivity index is 2.39. The summed E-state index contributed by atoms with van der Waals surface area (Å²) in [7, 11) is 0. The lowest BCUT2D eigenvalue weighted by atomic mass is 10.3. The van der Waals surface area contributed by atoms with E-state index in [1.54, 1.807) is 6.92 Å². The van der Waals surface area contributed by atoms with Crippen LogP contribution >= 0.6 is 11.8 Å². The molecule has 1 aliphatic heterocycles. The van der Waals surface area contributed by atoms with Crippen LogP contribution in [0.4, 0.5) is 0 Å². The Hall–Kier alpha value is -1.01. The van der Waals surface area contributed by atoms with Crippen LogP contribution in [0, 0.1) is 0 Å². The average Bonchev–Trinajstić information content (AvgIpc) is 2.31. The minimum atomic E-state index is -0.710. The summed E-state index contributed by atoms with van der Waals surface area (Å²) in [5, 5.41) is 0. The number of esters is 2. The maximum absolute atomic E-state index is 11.5. The smallest absolute Gasteiger partial charge is 0.345 e. The molecule has 0 N–H and O–H groups in total. The second kappa shape index (κ2) is 7.43. The Morgan fingerprint density at radius 2 is 2.28 bits per heavy atom. The van der Waals surface area contributed by atoms with Gasteiger partial charge in [0.25, 0.3) is 0 Å². The van der Waals surface area contributed by atoms with Crippen molar-refractivity contribution in [1.29, 1.82) is 0 Å². The van der Waals surface area contributed by atoms with Gasteiger partial charge < -0.3 is 14.2 Å². The van der Waals surface area contributed by atoms with Crippen molar-refractivity contribution >= 4 is 23.7 Å². The zero-order chi connectivity index (χ0) is 13.4. The molecule has 0 amide bonds. The van der Waals surface area contributed by atoms with Gasteiger partial charge in [0.2, 0.25) is 0 Å². The molecule has 0 aliphatic carbocycles. The molecule has 1 unspecified atom stereocenters. The van der Waals surface area contributed by atoms with Gasteiger partial charge in [-0.2, -0.15) is 0 Å². The van der Waals surface area contributed by atoms with E-state index in [-0.39, 0.29) is 0 Å². The highest BCUT2D eigenvalue weighted by atomic mass is 32.2. The number of thioether (sulfide) groups is 1. The first-order valence-electron chi connectivity index (χ1n) is 5.78. The summed E-state index contributed by atoms with van der Waals surface area (Å²) in [4.78, 5) is 21.6. The van der Waals surface area contributed by atoms with E-state index in [2.05, 4.69) is 11.3 Å². The molecule has 5 nitrogen and oxygen atoms in total. The Bertz CT molecular complexity index is 308. The molecule has 1 heterocycles. The Morgan fingerprint density at radius 3 is 3.00 bits per heavy atom. The van der Waals surface area contributed by atoms with Crippen molar-refractivity contribution in [1.82, 2.24) is 0 Å². The van der Waals surface area contributed by atoms with E-state index in [1.165, 1.54) is 11.8 Å². The molecule has 0 aromatic heterocycles. The second-order valence-corrected chi connectivity index (χ2v) is 5.59. The van der Waals surface area contributed by atoms with E-state index in [0.717, 1.165) is 24.7 Å². The van der Waals surface area contributed by atoms with Crippen molar-refractivity contribution < 1.29 is 23.8 Å². The van der Waals surface area contributed by atoms with Gasteiger partial charge in [-0.05, 0) is 25.5 Å². The van der Waals surface area contributed by atoms with Crippen LogP contribution in [-0.2, 0) is 23.8 Å². The van der Waals surface area contributed by atoms with Crippen LogP contribution in [0.5, 0.6) is 0 Å². The van der Waals surface area contributed by atoms with Crippen molar-refractivity contribution in [2.45, 2.75) is 24.7 Å². The van der Waals surface area contributed by atoms with Crippen LogP contribution in [-0.4, -0.2) is 42.4 Å². The SMILES string of the molecule is C=CC(=O)OCC(=O)OC1(C)COCCCCS1. The molecule has 1 rings (SSSR count). The van der Waals surface area contributed by atoms with Crippen LogP contribution < -0.4 is 0 Å². The molecule has 1 fully saturated rings. The molecule has 1 aliphatic rings. The van der Waals surface area contributed by atoms with Crippen molar-refractivity contribution in [3.05, 3.63) is 12.7 Å². The van der Waals surface area contributed by atoms with Gasteiger partial charge >= 0.3 is 11.9 Å². The predicted molar refractivity (Wildman–Crippen MR) is 68.2 cm³/mol. The summed E-state index contributed by atoms with van der Waals surface area (Å²) in [5.74, 6) is -0.303. The molecule has 0 spiro atoms. The van der Waals surface area contributed by atoms with E-state index < -0.39 is 23.5 Å². The van der Waals surface area contributed by atoms with Crippen molar-refractivity contribution in [2.75, 3.05) is 25.6 Å². The molecule has 0 radical (unpaired) electrons. The van der Waals surface area contributed by atoms with Crippen molar-refractivity contribution in [3.8, 4) is 0 Å². The van der Waals surface area contributed by atoms with Gasteiger partial charge in [0, 0.05) is 12.7 Å². The molecule has 0 aromatic rings. The number of rotatable bonds is 4. The van der Waals surface area contributed by atoms with Gasteiger partial charge in [0.15, 0.2) is 11.5 Å². The van der Waals surface area contributed by atoms with Crippen LogP contribution in [0.1, 0.15) is 19.8 Å². The fourth-order valence-corrected chi connectivity index (χ4v) is 2.51. The minimum Gasteiger partial charge on any atom is -0.451 e. The summed E-state index contributed by atoms with van der Waals surface area (Å²) in [6, 6.07) is 0. The standard InChI is InChI=1S/C12H18O5S/c1-3-10(13)16-8-11(14)17-12(2)9-15-6-4-5-7-18-12/h3H,1,4-9H2,2H3. The number of carbonyl (C=O) groups is 2. The normalized spacial score (nSPS) is 24.5. The summed E-state index contributed by atoms with van der Waals surface area (Å²) in [6.07, 6.45) is 3.06. The highest BCUT2D eigenvalue weighted by Gasteiger charge is 2.31. The number of hydrogen-bond donors (Lipinski definition) is 0. The van der Waals surface area contributed by atoms with Crippen molar-refractivity contribution in [2.24, 2.45) is 0 Å². The minimum absolute atomic E-state index is 0.346. The van der Waals surface area contributed by atoms with Gasteiger partial charge in [-0.1, -0.05) is 6.58 Å². The molecule has 0 aromatic carbocycles. The molecular formula is C12H18O5S. The molecule has 1 atom stereocenters. The van der Waals surface area contributed by atoms with Gasteiger partial charge in [-0.15, -0.1) is 11.8 Å². The van der Waals surface area contributed by atoms with Gasteiger partial charge in [0.05, 0.1) is 6.61 Å². The summed E-state index contributed by atoms with van der Waals surface area (Å²) in [5.41, 5.74) is 0. The monoisotopic (exact) mass is 274 g/mol. The van der Waals surface area contributed by atoms with Gasteiger partial charge in [0.1, 0.15) is 0 Å². The average molecular weight is 274 g/mol. The zero-order valence-electron chi connectivity index (χ0n) is 10.5. The van der Waals surface area contributed by atoms with E-state index in [1.807, 2.05) is 0 Å². The Morgan fingerprint density at radius 1 is 1.50 bits per heavy atom. The molecule has 6 heteroatoms. The van der Waals surface area contributed by atoms with E-state index in [0.29, 0.717) is 13.2 Å². The third-order valence-corrected chi connectivity index (χ3v) is 3.59. The maximum atomic E-state index is 11.5. The first-order chi connectivity index (χ1) is 8.56. The van der Waals surface area contributed by atoms with E-state index in [9.17, 15) is 9.59 Å². The number of carbonyl (C=O) groups excluding carboxylic acids is 2. The maximum Gasteiger partial charge on any atom is 0.345 e. The lowest BCUT2D eigenvalue weighted by molar-refractivity contribution is -0.164. The molecule has 0 saturated carbocycles. The van der Waals surface area contributed by atoms with Gasteiger partial charge in [-0.25, -0.2) is 9.59 Å². The molecular weight excluding hydrogens is 256 g/mol. The lowest BCUT2D eigenvalue weighted by Gasteiger charge is -2.30. The lowest BCUT2D eigenvalue weighted by Crippen LogP contribution is -2.36. The summed E-state index contributed by atoms with van der Waals surface area (Å²) in [6.45, 7) is 5.67. The quantitative estimate of drug-likeness (QED) is 0.572. The molecule has 1 saturated heterocycles. The van der Waals surface area contributed by atoms with Crippen molar-refractivity contribution in [3.63, 3.8) is 0 Å². The largest absolute Gasteiger partial charge is 0.451 e. The summed E-state index contributed by atoms with van der Waals surface area (Å²) < 4.78 is 15.3. The predicted octanol–water partition coefficient (Wildman–Crippen LogP) is 1.52. The summed E-state index contributed by atoms with van der Waals surface area (Å²) >= 11 is 1.54. The van der Waals surface area contributed by atoms with Crippen LogP contribution in [0.2, 0.25) is 0 Å². The highest BCUT2D eigenvalue weighted by Crippen LogP contribution is 2.29. The molecule has 102 valence electrons. The van der Waals surface area contributed by atoms with Gasteiger partial charge in [-0.3, -0.25) is 0 Å². The highest BCUT2D eigenvalue weighted by molar-refractivity contribution is 8.00. The topological polar surface area (TPSA) is 61.8 Å². The Kier molecular flexibility index (Phi) is 6.21. The number of hydrogen-bond acceptors (Lipinski definition) is 6. The first-order valence-corrected chi connectivity index (χ1v) is 6.77. The fourth-order valence-electron chi connectivity index (χ4n) is 1.41. The van der Waals surface area contributed by atoms with Crippen LogP contribution in [0.15, 0.2) is 12.7 Å².